The Morgan fingerprint density at radius 1 is 1.62 bits per heavy atom. The van der Waals surface area contributed by atoms with Gasteiger partial charge in [-0.05, 0) is 18.7 Å². The molecule has 0 spiro atoms. The van der Waals surface area contributed by atoms with Crippen molar-refractivity contribution in [2.75, 3.05) is 7.05 Å². The third-order valence-corrected chi connectivity index (χ3v) is 1.56. The summed E-state index contributed by atoms with van der Waals surface area (Å²) < 4.78 is 0. The van der Waals surface area contributed by atoms with E-state index >= 15 is 0 Å². The Morgan fingerprint density at radius 2 is 2.38 bits per heavy atom. The summed E-state index contributed by atoms with van der Waals surface area (Å²) in [6.07, 6.45) is 3.25. The Kier molecular flexibility index (Phi) is 3.22. The van der Waals surface area contributed by atoms with E-state index in [-0.39, 0.29) is 5.84 Å². The highest BCUT2D eigenvalue weighted by Gasteiger charge is 2.00. The quantitative estimate of drug-likeness (QED) is 0.367. The standard InChI is InChI=1S/C8H11N5/c1-11-3-6-2-7(5-12-4-6)8(9)13-10/h2,4-5,9-11H,3H2,1H3. The van der Waals surface area contributed by atoms with Crippen molar-refractivity contribution in [1.82, 2.24) is 10.3 Å². The first-order valence-electron chi connectivity index (χ1n) is 3.83. The van der Waals surface area contributed by atoms with Crippen molar-refractivity contribution in [3.63, 3.8) is 0 Å². The average Bonchev–Trinajstić information content (AvgIpc) is 2.18. The lowest BCUT2D eigenvalue weighted by molar-refractivity contribution is 0.813. The summed E-state index contributed by atoms with van der Waals surface area (Å²) in [6, 6.07) is 1.80. The summed E-state index contributed by atoms with van der Waals surface area (Å²) in [5.41, 5.74) is 8.23. The lowest BCUT2D eigenvalue weighted by Crippen LogP contribution is -2.06. The van der Waals surface area contributed by atoms with Crippen LogP contribution in [0.3, 0.4) is 0 Å². The van der Waals surface area contributed by atoms with E-state index in [0.717, 1.165) is 5.56 Å². The second-order valence-electron chi connectivity index (χ2n) is 2.57. The van der Waals surface area contributed by atoms with E-state index in [9.17, 15) is 0 Å². The molecule has 0 radical (unpaired) electrons. The van der Waals surface area contributed by atoms with Crippen LogP contribution in [0.4, 0.5) is 0 Å². The minimum Gasteiger partial charge on any atom is -0.316 e. The largest absolute Gasteiger partial charge is 0.316 e. The monoisotopic (exact) mass is 177 g/mol. The molecule has 0 amide bonds. The van der Waals surface area contributed by atoms with Crippen LogP contribution < -0.4 is 5.32 Å². The van der Waals surface area contributed by atoms with Gasteiger partial charge in [-0.2, -0.15) is 0 Å². The number of amidine groups is 1. The average molecular weight is 177 g/mol. The summed E-state index contributed by atoms with van der Waals surface area (Å²) >= 11 is 0. The zero-order chi connectivity index (χ0) is 9.68. The van der Waals surface area contributed by atoms with Gasteiger partial charge in [0.05, 0.1) is 0 Å². The number of rotatable bonds is 3. The fourth-order valence-electron chi connectivity index (χ4n) is 0.982. The molecule has 1 heterocycles. The normalized spacial score (nSPS) is 9.62. The van der Waals surface area contributed by atoms with Crippen LogP contribution >= 0.6 is 0 Å². The Hall–Kier alpha value is -1.62. The fraction of sp³-hybridized carbons (Fsp3) is 0.250. The van der Waals surface area contributed by atoms with Crippen LogP contribution in [0.25, 0.3) is 0 Å². The lowest BCUT2D eigenvalue weighted by atomic mass is 10.2. The molecule has 1 rings (SSSR count). The van der Waals surface area contributed by atoms with Gasteiger partial charge in [0.25, 0.3) is 0 Å². The molecule has 0 saturated heterocycles. The molecule has 0 atom stereocenters. The molecule has 68 valence electrons. The second-order valence-corrected chi connectivity index (χ2v) is 2.57. The molecule has 13 heavy (non-hydrogen) atoms. The van der Waals surface area contributed by atoms with E-state index in [1.165, 1.54) is 6.20 Å². The Bertz CT molecular complexity index is 320. The van der Waals surface area contributed by atoms with E-state index in [4.69, 9.17) is 10.9 Å². The van der Waals surface area contributed by atoms with Gasteiger partial charge in [0, 0.05) is 24.5 Å². The highest BCUT2D eigenvalue weighted by Crippen LogP contribution is 2.03. The van der Waals surface area contributed by atoms with Crippen LogP contribution in [0, 0.1) is 10.9 Å². The van der Waals surface area contributed by atoms with Crippen LogP contribution in [0.5, 0.6) is 0 Å². The van der Waals surface area contributed by atoms with Gasteiger partial charge in [-0.3, -0.25) is 10.4 Å². The van der Waals surface area contributed by atoms with Crippen molar-refractivity contribution in [1.29, 1.82) is 10.9 Å². The number of nitrogens with zero attached hydrogens (tertiary/aromatic N) is 2. The number of hydrogen-bond donors (Lipinski definition) is 3. The van der Waals surface area contributed by atoms with Gasteiger partial charge >= 0.3 is 0 Å². The first-order chi connectivity index (χ1) is 6.27. The van der Waals surface area contributed by atoms with Crippen molar-refractivity contribution in [2.45, 2.75) is 6.54 Å². The van der Waals surface area contributed by atoms with Crippen molar-refractivity contribution in [2.24, 2.45) is 5.11 Å². The summed E-state index contributed by atoms with van der Waals surface area (Å²) in [5, 5.41) is 13.3. The third-order valence-electron chi connectivity index (χ3n) is 1.56. The van der Waals surface area contributed by atoms with E-state index in [2.05, 4.69) is 15.4 Å². The summed E-state index contributed by atoms with van der Waals surface area (Å²) in [4.78, 5) is 3.95. The molecular formula is C8H11N5. The maximum Gasteiger partial charge on any atom is 0.175 e. The van der Waals surface area contributed by atoms with E-state index in [1.54, 1.807) is 12.3 Å². The molecular weight excluding hydrogens is 166 g/mol. The predicted molar refractivity (Wildman–Crippen MR) is 49.0 cm³/mol. The van der Waals surface area contributed by atoms with Crippen LogP contribution in [0.15, 0.2) is 23.6 Å². The molecule has 5 nitrogen and oxygen atoms in total. The minimum atomic E-state index is -0.0644. The first kappa shape index (κ1) is 9.47. The van der Waals surface area contributed by atoms with E-state index in [0.29, 0.717) is 12.1 Å². The SMILES string of the molecule is CNCc1cncc(C(=N)N=N)c1. The van der Waals surface area contributed by atoms with Crippen LogP contribution in [-0.4, -0.2) is 17.9 Å². The smallest absolute Gasteiger partial charge is 0.175 e. The maximum absolute atomic E-state index is 7.29. The molecule has 0 aliphatic carbocycles. The first-order valence-corrected chi connectivity index (χ1v) is 3.83. The topological polar surface area (TPSA) is 85.0 Å². The zero-order valence-corrected chi connectivity index (χ0v) is 7.33. The van der Waals surface area contributed by atoms with Gasteiger partial charge in [-0.15, -0.1) is 5.11 Å². The van der Waals surface area contributed by atoms with Crippen molar-refractivity contribution in [3.05, 3.63) is 29.6 Å². The summed E-state index contributed by atoms with van der Waals surface area (Å²) in [6.45, 7) is 0.701. The summed E-state index contributed by atoms with van der Waals surface area (Å²) in [7, 11) is 1.84. The number of hydrogen-bond acceptors (Lipinski definition) is 4. The van der Waals surface area contributed by atoms with E-state index in [1.807, 2.05) is 7.05 Å². The molecule has 3 N–H and O–H groups in total. The van der Waals surface area contributed by atoms with E-state index < -0.39 is 0 Å². The minimum absolute atomic E-state index is 0.0644. The number of nitrogens with one attached hydrogen (secondary N) is 3. The summed E-state index contributed by atoms with van der Waals surface area (Å²) in [5.74, 6) is -0.0644. The highest BCUT2D eigenvalue weighted by atomic mass is 15.0. The fourth-order valence-corrected chi connectivity index (χ4v) is 0.982. The maximum atomic E-state index is 7.29. The molecule has 0 aromatic carbocycles. The molecule has 1 aromatic rings. The molecule has 0 fully saturated rings. The highest BCUT2D eigenvalue weighted by molar-refractivity contribution is 5.96. The Morgan fingerprint density at radius 3 is 3.00 bits per heavy atom. The molecule has 0 aliphatic heterocycles. The Balaban J connectivity index is 2.91. The molecule has 0 unspecified atom stereocenters. The molecule has 5 heteroatoms. The predicted octanol–water partition coefficient (Wildman–Crippen LogP) is 1.16. The molecule has 0 saturated carbocycles. The lowest BCUT2D eigenvalue weighted by Gasteiger charge is -2.01. The molecule has 0 aliphatic rings. The molecule has 0 bridgehead atoms. The van der Waals surface area contributed by atoms with Crippen LogP contribution in [-0.2, 0) is 6.54 Å². The Labute approximate surface area is 76.2 Å². The van der Waals surface area contributed by atoms with Gasteiger partial charge in [0.2, 0.25) is 0 Å². The van der Waals surface area contributed by atoms with Gasteiger partial charge in [-0.1, -0.05) is 0 Å². The van der Waals surface area contributed by atoms with Gasteiger partial charge < -0.3 is 5.32 Å². The van der Waals surface area contributed by atoms with Crippen molar-refractivity contribution >= 4 is 5.84 Å². The zero-order valence-electron chi connectivity index (χ0n) is 7.33. The third kappa shape index (κ3) is 2.41. The second kappa shape index (κ2) is 4.42. The number of pyridine rings is 1. The van der Waals surface area contributed by atoms with Crippen molar-refractivity contribution < 1.29 is 0 Å². The van der Waals surface area contributed by atoms with Gasteiger partial charge in [0.1, 0.15) is 0 Å². The van der Waals surface area contributed by atoms with Gasteiger partial charge in [-0.25, -0.2) is 5.53 Å². The van der Waals surface area contributed by atoms with Crippen molar-refractivity contribution in [3.8, 4) is 0 Å². The number of aromatic nitrogens is 1. The van der Waals surface area contributed by atoms with Gasteiger partial charge in [0.15, 0.2) is 5.84 Å². The molecule has 1 aromatic heterocycles. The van der Waals surface area contributed by atoms with Crippen LogP contribution in [0.1, 0.15) is 11.1 Å². The van der Waals surface area contributed by atoms with Crippen LogP contribution in [0.2, 0.25) is 0 Å².